The van der Waals surface area contributed by atoms with E-state index in [0.717, 1.165) is 50.5 Å². The molecule has 2 aliphatic heterocycles. The highest BCUT2D eigenvalue weighted by atomic mass is 16.6. The molecule has 0 spiro atoms. The monoisotopic (exact) mass is 485 g/mol. The van der Waals surface area contributed by atoms with Gasteiger partial charge in [0.05, 0.1) is 26.9 Å². The standard InChI is InChI=1S/C22H27N7O6/c1-31-18-15(33-10-2-6-28-8-11-32-12-9-28)4-3-14-17(18)26-21(29-7-5-24-19(14)29)27-22(30)35-16-13-25-20(23)34-16/h3-4,13,24H,2,5-12H2,1H3,(H2,23,25). The molecule has 1 fully saturated rings. The summed E-state index contributed by atoms with van der Waals surface area (Å²) in [5.74, 6) is 1.67. The van der Waals surface area contributed by atoms with Crippen molar-refractivity contribution in [2.45, 2.75) is 13.0 Å². The third-order valence-corrected chi connectivity index (χ3v) is 5.77. The Morgan fingerprint density at radius 2 is 2.14 bits per heavy atom. The second-order valence-electron chi connectivity index (χ2n) is 7.99. The molecule has 2 aromatic heterocycles. The summed E-state index contributed by atoms with van der Waals surface area (Å²) in [6.07, 6.45) is 1.15. The number of carbonyl (C=O) groups is 1. The molecule has 0 saturated carbocycles. The number of morpholine rings is 1. The SMILES string of the molecule is COc1c(OCCCN2CCOCC2)ccc2c3n(c(=NC(=O)Oc4cnc(N)o4)nc12)CCN3. The van der Waals surface area contributed by atoms with Crippen LogP contribution < -0.4 is 30.9 Å². The minimum Gasteiger partial charge on any atom is -0.491 e. The predicted molar refractivity (Wildman–Crippen MR) is 125 cm³/mol. The summed E-state index contributed by atoms with van der Waals surface area (Å²) in [7, 11) is 1.56. The fraction of sp³-hybridized carbons (Fsp3) is 0.455. The summed E-state index contributed by atoms with van der Waals surface area (Å²) in [5, 5.41) is 4.15. The highest BCUT2D eigenvalue weighted by Gasteiger charge is 2.21. The van der Waals surface area contributed by atoms with Crippen LogP contribution in [0.3, 0.4) is 0 Å². The minimum atomic E-state index is -0.913. The van der Waals surface area contributed by atoms with E-state index in [0.29, 0.717) is 36.7 Å². The van der Waals surface area contributed by atoms with Crippen LogP contribution in [-0.2, 0) is 11.3 Å². The Balaban J connectivity index is 1.40. The second kappa shape index (κ2) is 10.2. The van der Waals surface area contributed by atoms with E-state index in [9.17, 15) is 4.79 Å². The summed E-state index contributed by atoms with van der Waals surface area (Å²) in [6.45, 7) is 6.15. The lowest BCUT2D eigenvalue weighted by molar-refractivity contribution is 0.0357. The second-order valence-corrected chi connectivity index (χ2v) is 7.99. The van der Waals surface area contributed by atoms with Gasteiger partial charge in [-0.15, -0.1) is 4.99 Å². The number of anilines is 2. The van der Waals surface area contributed by atoms with Gasteiger partial charge in [-0.05, 0) is 18.6 Å². The van der Waals surface area contributed by atoms with E-state index in [1.807, 2.05) is 12.1 Å². The average molecular weight is 486 g/mol. The van der Waals surface area contributed by atoms with Gasteiger partial charge in [-0.2, -0.15) is 4.98 Å². The number of methoxy groups -OCH3 is 1. The van der Waals surface area contributed by atoms with E-state index >= 15 is 0 Å². The van der Waals surface area contributed by atoms with Crippen LogP contribution in [-0.4, -0.2) is 78.6 Å². The van der Waals surface area contributed by atoms with Gasteiger partial charge in [0.2, 0.25) is 5.62 Å². The lowest BCUT2D eigenvalue weighted by Crippen LogP contribution is -2.37. The van der Waals surface area contributed by atoms with E-state index in [1.165, 1.54) is 6.20 Å². The number of hydrogen-bond donors (Lipinski definition) is 2. The molecular weight excluding hydrogens is 458 g/mol. The van der Waals surface area contributed by atoms with Crippen molar-refractivity contribution in [2.75, 3.05) is 64.2 Å². The van der Waals surface area contributed by atoms with Crippen LogP contribution in [0.15, 0.2) is 27.7 Å². The molecule has 0 bridgehead atoms. The van der Waals surface area contributed by atoms with Gasteiger partial charge in [-0.25, -0.2) is 9.78 Å². The molecule has 0 unspecified atom stereocenters. The Morgan fingerprint density at radius 1 is 1.29 bits per heavy atom. The highest BCUT2D eigenvalue weighted by Crippen LogP contribution is 2.37. The fourth-order valence-corrected chi connectivity index (χ4v) is 4.15. The maximum absolute atomic E-state index is 12.4. The molecule has 0 atom stereocenters. The van der Waals surface area contributed by atoms with Gasteiger partial charge in [0, 0.05) is 38.1 Å². The van der Waals surface area contributed by atoms with Gasteiger partial charge >= 0.3 is 12.0 Å². The van der Waals surface area contributed by atoms with Crippen LogP contribution in [0.5, 0.6) is 17.4 Å². The van der Waals surface area contributed by atoms with Crippen molar-refractivity contribution < 1.29 is 28.2 Å². The Bertz CT molecular complexity index is 1280. The van der Waals surface area contributed by atoms with Crippen molar-refractivity contribution in [3.63, 3.8) is 0 Å². The van der Waals surface area contributed by atoms with E-state index in [2.05, 4.69) is 25.2 Å². The number of nitrogens with zero attached hydrogens (tertiary/aromatic N) is 5. The summed E-state index contributed by atoms with van der Waals surface area (Å²) in [5.41, 5.74) is 6.10. The molecule has 13 heteroatoms. The first-order valence-electron chi connectivity index (χ1n) is 11.4. The van der Waals surface area contributed by atoms with Crippen LogP contribution in [0.4, 0.5) is 16.6 Å². The summed E-state index contributed by atoms with van der Waals surface area (Å²) >= 11 is 0. The van der Waals surface area contributed by atoms with Gasteiger partial charge in [-0.1, -0.05) is 0 Å². The fourth-order valence-electron chi connectivity index (χ4n) is 4.15. The third-order valence-electron chi connectivity index (χ3n) is 5.77. The molecule has 35 heavy (non-hydrogen) atoms. The number of amides is 1. The molecule has 13 nitrogen and oxygen atoms in total. The Morgan fingerprint density at radius 3 is 2.91 bits per heavy atom. The Labute approximate surface area is 200 Å². The number of hydrogen-bond acceptors (Lipinski definition) is 11. The first kappa shape index (κ1) is 22.9. The number of rotatable bonds is 7. The summed E-state index contributed by atoms with van der Waals surface area (Å²) in [6, 6.07) is 3.68. The van der Waals surface area contributed by atoms with Crippen LogP contribution >= 0.6 is 0 Å². The third kappa shape index (κ3) is 5.00. The molecular formula is C22H27N7O6. The first-order chi connectivity index (χ1) is 17.1. The number of nitrogens with one attached hydrogen (secondary N) is 1. The van der Waals surface area contributed by atoms with Crippen molar-refractivity contribution in [3.8, 4) is 17.4 Å². The van der Waals surface area contributed by atoms with Crippen LogP contribution in [0.25, 0.3) is 10.9 Å². The van der Waals surface area contributed by atoms with Gasteiger partial charge < -0.3 is 34.4 Å². The van der Waals surface area contributed by atoms with Crippen molar-refractivity contribution in [1.82, 2.24) is 19.4 Å². The Hall–Kier alpha value is -3.84. The molecule has 1 amide bonds. The zero-order valence-corrected chi connectivity index (χ0v) is 19.4. The number of fused-ring (bicyclic) bond motifs is 3. The van der Waals surface area contributed by atoms with Gasteiger partial charge in [-0.3, -0.25) is 9.47 Å². The molecule has 2 aliphatic rings. The normalized spacial score (nSPS) is 16.2. The average Bonchev–Trinajstić information content (AvgIpc) is 3.51. The number of aromatic nitrogens is 3. The molecule has 186 valence electrons. The molecule has 5 rings (SSSR count). The Kier molecular flexibility index (Phi) is 6.68. The lowest BCUT2D eigenvalue weighted by Gasteiger charge is -2.26. The maximum Gasteiger partial charge on any atom is 0.444 e. The van der Waals surface area contributed by atoms with Gasteiger partial charge in [0.1, 0.15) is 17.5 Å². The smallest absolute Gasteiger partial charge is 0.444 e. The number of nitrogen functional groups attached to an aromatic ring is 1. The van der Waals surface area contributed by atoms with Crippen molar-refractivity contribution in [2.24, 2.45) is 4.99 Å². The van der Waals surface area contributed by atoms with Gasteiger partial charge in [0.25, 0.3) is 6.01 Å². The number of nitrogens with two attached hydrogens (primary N) is 1. The molecule has 4 heterocycles. The number of ether oxygens (including phenoxy) is 4. The zero-order chi connectivity index (χ0) is 24.2. The molecule has 3 aromatic rings. The molecule has 0 aliphatic carbocycles. The minimum absolute atomic E-state index is 0.113. The largest absolute Gasteiger partial charge is 0.491 e. The molecule has 1 saturated heterocycles. The van der Waals surface area contributed by atoms with Gasteiger partial charge in [0.15, 0.2) is 11.5 Å². The van der Waals surface area contributed by atoms with E-state index in [-0.39, 0.29) is 17.6 Å². The van der Waals surface area contributed by atoms with E-state index < -0.39 is 6.09 Å². The highest BCUT2D eigenvalue weighted by molar-refractivity contribution is 5.95. The summed E-state index contributed by atoms with van der Waals surface area (Å²) in [4.78, 5) is 27.1. The van der Waals surface area contributed by atoms with Crippen molar-refractivity contribution >= 4 is 28.8 Å². The topological polar surface area (TPSA) is 151 Å². The van der Waals surface area contributed by atoms with Crippen LogP contribution in [0.1, 0.15) is 6.42 Å². The number of benzene rings is 1. The van der Waals surface area contributed by atoms with Crippen molar-refractivity contribution in [1.29, 1.82) is 0 Å². The number of carbonyl (C=O) groups excluding carboxylic acids is 1. The summed E-state index contributed by atoms with van der Waals surface area (Å²) < 4.78 is 28.9. The molecule has 1 aromatic carbocycles. The molecule has 3 N–H and O–H groups in total. The maximum atomic E-state index is 12.4. The number of oxazole rings is 1. The van der Waals surface area contributed by atoms with E-state index in [4.69, 9.17) is 29.1 Å². The zero-order valence-electron chi connectivity index (χ0n) is 19.4. The predicted octanol–water partition coefficient (Wildman–Crippen LogP) is 1.24. The lowest BCUT2D eigenvalue weighted by atomic mass is 10.2. The van der Waals surface area contributed by atoms with Crippen LogP contribution in [0.2, 0.25) is 0 Å². The molecule has 0 radical (unpaired) electrons. The van der Waals surface area contributed by atoms with E-state index in [1.54, 1.807) is 11.7 Å². The van der Waals surface area contributed by atoms with Crippen LogP contribution in [0, 0.1) is 0 Å². The first-order valence-corrected chi connectivity index (χ1v) is 11.4. The quantitative estimate of drug-likeness (QED) is 0.465. The van der Waals surface area contributed by atoms with Crippen molar-refractivity contribution in [3.05, 3.63) is 23.9 Å².